The Morgan fingerprint density at radius 3 is 2.75 bits per heavy atom. The molecule has 0 spiro atoms. The second kappa shape index (κ2) is 5.36. The van der Waals surface area contributed by atoms with Crippen molar-refractivity contribution in [3.05, 3.63) is 24.1 Å². The molecule has 0 aromatic carbocycles. The summed E-state index contributed by atoms with van der Waals surface area (Å²) in [5, 5.41) is 0. The first kappa shape index (κ1) is 10.7. The maximum atomic E-state index is 11.2. The molecule has 0 rings (SSSR count). The highest BCUT2D eigenvalue weighted by Crippen LogP contribution is 2.00. The van der Waals surface area contributed by atoms with E-state index in [4.69, 9.17) is 6.57 Å². The lowest BCUT2D eigenvalue weighted by Gasteiger charge is -2.22. The molecule has 1 amide bonds. The first-order valence-electron chi connectivity index (χ1n) is 3.93. The van der Waals surface area contributed by atoms with E-state index in [1.54, 1.807) is 4.90 Å². The van der Waals surface area contributed by atoms with Gasteiger partial charge in [0.15, 0.2) is 0 Å². The Hall–Kier alpha value is -1.30. The molecule has 1 atom stereocenters. The molecular formula is C9H14N2O. The number of likely N-dealkylation sites (N-methyl/N-ethyl adjacent to an activating group) is 1. The third-order valence-corrected chi connectivity index (χ3v) is 1.69. The fourth-order valence-electron chi connectivity index (χ4n) is 1.03. The minimum Gasteiger partial charge on any atom is -0.329 e. The Bertz CT molecular complexity index is 205. The molecule has 0 radical (unpaired) electrons. The number of hydrogen-bond acceptors (Lipinski definition) is 1. The average molecular weight is 166 g/mol. The van der Waals surface area contributed by atoms with Crippen LogP contribution in [0.5, 0.6) is 0 Å². The fourth-order valence-corrected chi connectivity index (χ4v) is 1.03. The highest BCUT2D eigenvalue weighted by atomic mass is 16.2. The fraction of sp³-hybridized carbons (Fsp3) is 0.556. The predicted molar refractivity (Wildman–Crippen MR) is 48.5 cm³/mol. The normalized spacial score (nSPS) is 11.4. The van der Waals surface area contributed by atoms with Crippen LogP contribution in [0.1, 0.15) is 13.8 Å². The first-order chi connectivity index (χ1) is 5.67. The van der Waals surface area contributed by atoms with Gasteiger partial charge in [0.25, 0.3) is 0 Å². The third-order valence-electron chi connectivity index (χ3n) is 1.69. The van der Waals surface area contributed by atoms with Crippen molar-refractivity contribution in [1.29, 1.82) is 0 Å². The SMILES string of the molecule is [C-]#[N+]CC(C)N(CC)C(=O)C=C. The summed E-state index contributed by atoms with van der Waals surface area (Å²) in [5.41, 5.74) is 0. The lowest BCUT2D eigenvalue weighted by Crippen LogP contribution is -2.38. The van der Waals surface area contributed by atoms with Crippen molar-refractivity contribution < 1.29 is 4.79 Å². The van der Waals surface area contributed by atoms with E-state index in [1.165, 1.54) is 6.08 Å². The third kappa shape index (κ3) is 2.75. The van der Waals surface area contributed by atoms with Crippen LogP contribution in [-0.2, 0) is 4.79 Å². The Labute approximate surface area is 73.5 Å². The highest BCUT2D eigenvalue weighted by Gasteiger charge is 2.17. The topological polar surface area (TPSA) is 24.7 Å². The smallest absolute Gasteiger partial charge is 0.246 e. The molecule has 12 heavy (non-hydrogen) atoms. The lowest BCUT2D eigenvalue weighted by atomic mass is 10.2. The molecular weight excluding hydrogens is 152 g/mol. The largest absolute Gasteiger partial charge is 0.329 e. The molecule has 0 N–H and O–H groups in total. The van der Waals surface area contributed by atoms with E-state index in [2.05, 4.69) is 11.4 Å². The summed E-state index contributed by atoms with van der Waals surface area (Å²) in [7, 11) is 0. The maximum Gasteiger partial charge on any atom is 0.246 e. The molecule has 0 saturated carbocycles. The van der Waals surface area contributed by atoms with Crippen molar-refractivity contribution in [3.63, 3.8) is 0 Å². The summed E-state index contributed by atoms with van der Waals surface area (Å²) in [6.07, 6.45) is 1.28. The Morgan fingerprint density at radius 1 is 1.83 bits per heavy atom. The van der Waals surface area contributed by atoms with E-state index in [-0.39, 0.29) is 11.9 Å². The summed E-state index contributed by atoms with van der Waals surface area (Å²) in [6.45, 7) is 14.8. The molecule has 0 aromatic heterocycles. The minimum atomic E-state index is -0.103. The van der Waals surface area contributed by atoms with E-state index in [0.29, 0.717) is 13.1 Å². The van der Waals surface area contributed by atoms with E-state index >= 15 is 0 Å². The van der Waals surface area contributed by atoms with Gasteiger partial charge < -0.3 is 9.74 Å². The van der Waals surface area contributed by atoms with Crippen molar-refractivity contribution in [3.8, 4) is 0 Å². The first-order valence-corrected chi connectivity index (χ1v) is 3.93. The molecule has 0 aliphatic rings. The summed E-state index contributed by atoms with van der Waals surface area (Å²) < 4.78 is 0. The molecule has 0 bridgehead atoms. The van der Waals surface area contributed by atoms with E-state index in [9.17, 15) is 4.79 Å². The number of nitrogens with zero attached hydrogens (tertiary/aromatic N) is 2. The minimum absolute atomic E-state index is 0.0157. The Morgan fingerprint density at radius 2 is 2.42 bits per heavy atom. The van der Waals surface area contributed by atoms with Crippen LogP contribution >= 0.6 is 0 Å². The van der Waals surface area contributed by atoms with Crippen LogP contribution in [0.4, 0.5) is 0 Å². The van der Waals surface area contributed by atoms with Crippen LogP contribution in [0.15, 0.2) is 12.7 Å². The van der Waals surface area contributed by atoms with Crippen LogP contribution in [-0.4, -0.2) is 29.9 Å². The Kier molecular flexibility index (Phi) is 4.78. The van der Waals surface area contributed by atoms with Crippen LogP contribution in [0, 0.1) is 6.57 Å². The van der Waals surface area contributed by atoms with Crippen LogP contribution in [0.2, 0.25) is 0 Å². The van der Waals surface area contributed by atoms with Gasteiger partial charge in [-0.3, -0.25) is 4.79 Å². The van der Waals surface area contributed by atoms with Crippen LogP contribution in [0.3, 0.4) is 0 Å². The summed E-state index contributed by atoms with van der Waals surface area (Å²) in [6, 6.07) is -0.0157. The van der Waals surface area contributed by atoms with Gasteiger partial charge in [0.1, 0.15) is 6.04 Å². The van der Waals surface area contributed by atoms with Crippen molar-refractivity contribution >= 4 is 5.91 Å². The monoisotopic (exact) mass is 166 g/mol. The van der Waals surface area contributed by atoms with Gasteiger partial charge in [-0.25, -0.2) is 6.57 Å². The van der Waals surface area contributed by atoms with Gasteiger partial charge in [0.05, 0.1) is 0 Å². The van der Waals surface area contributed by atoms with Crippen molar-refractivity contribution in [2.75, 3.05) is 13.1 Å². The second-order valence-electron chi connectivity index (χ2n) is 2.52. The molecule has 0 heterocycles. The highest BCUT2D eigenvalue weighted by molar-refractivity contribution is 5.87. The zero-order valence-electron chi connectivity index (χ0n) is 7.58. The molecule has 0 aromatic rings. The van der Waals surface area contributed by atoms with Crippen molar-refractivity contribution in [2.24, 2.45) is 0 Å². The molecule has 0 aliphatic carbocycles. The zero-order chi connectivity index (χ0) is 9.56. The number of hydrogen-bond donors (Lipinski definition) is 0. The van der Waals surface area contributed by atoms with Gasteiger partial charge in [0.2, 0.25) is 12.5 Å². The summed E-state index contributed by atoms with van der Waals surface area (Å²) in [4.78, 5) is 16.0. The van der Waals surface area contributed by atoms with Gasteiger partial charge in [-0.15, -0.1) is 0 Å². The van der Waals surface area contributed by atoms with Gasteiger partial charge in [-0.05, 0) is 19.9 Å². The quantitative estimate of drug-likeness (QED) is 0.456. The van der Waals surface area contributed by atoms with Gasteiger partial charge in [0, 0.05) is 6.54 Å². The number of amides is 1. The molecule has 3 nitrogen and oxygen atoms in total. The molecule has 3 heteroatoms. The molecule has 0 aliphatic heterocycles. The zero-order valence-corrected chi connectivity index (χ0v) is 7.58. The van der Waals surface area contributed by atoms with Gasteiger partial charge in [-0.2, -0.15) is 0 Å². The van der Waals surface area contributed by atoms with Crippen molar-refractivity contribution in [2.45, 2.75) is 19.9 Å². The Balaban J connectivity index is 4.24. The number of carbonyl (C=O) groups is 1. The summed E-state index contributed by atoms with van der Waals surface area (Å²) in [5.74, 6) is -0.103. The number of carbonyl (C=O) groups excluding carboxylic acids is 1. The second-order valence-corrected chi connectivity index (χ2v) is 2.52. The average Bonchev–Trinajstić information content (AvgIpc) is 2.06. The van der Waals surface area contributed by atoms with Gasteiger partial charge >= 0.3 is 0 Å². The van der Waals surface area contributed by atoms with Crippen LogP contribution in [0.25, 0.3) is 4.85 Å². The van der Waals surface area contributed by atoms with Crippen LogP contribution < -0.4 is 0 Å². The van der Waals surface area contributed by atoms with Crippen molar-refractivity contribution in [1.82, 2.24) is 4.90 Å². The number of rotatable bonds is 4. The predicted octanol–water partition coefficient (Wildman–Crippen LogP) is 1.33. The lowest BCUT2D eigenvalue weighted by molar-refractivity contribution is -0.127. The standard InChI is InChI=1S/C9H14N2O/c1-5-9(12)11(6-2)8(3)7-10-4/h5,8H,1,6-7H2,2-3H3. The maximum absolute atomic E-state index is 11.2. The molecule has 66 valence electrons. The molecule has 1 unspecified atom stereocenters. The van der Waals surface area contributed by atoms with Gasteiger partial charge in [-0.1, -0.05) is 6.58 Å². The molecule has 0 fully saturated rings. The molecule has 0 saturated heterocycles. The van der Waals surface area contributed by atoms with E-state index in [1.807, 2.05) is 13.8 Å². The van der Waals surface area contributed by atoms with E-state index in [0.717, 1.165) is 0 Å². The van der Waals surface area contributed by atoms with E-state index < -0.39 is 0 Å². The summed E-state index contributed by atoms with van der Waals surface area (Å²) >= 11 is 0.